The standard InChI is InChI=1S/C19H22BrNO6/c1-3-26-17(24)19(11-7-8-12-20,18(25)27-4-2)21-15(22)13-9-5-6-10-14(13)16(21)23/h5-6,9-10H,3-4,7-8,11-12H2,1-2H3. The number of fused-ring (bicyclic) bond motifs is 1. The zero-order valence-electron chi connectivity index (χ0n) is 15.3. The molecule has 2 rings (SSSR count). The van der Waals surface area contributed by atoms with Gasteiger partial charge >= 0.3 is 11.9 Å². The maximum atomic E-state index is 13.0. The molecule has 1 aromatic rings. The molecule has 8 heteroatoms. The van der Waals surface area contributed by atoms with E-state index in [0.29, 0.717) is 18.2 Å². The largest absolute Gasteiger partial charge is 0.464 e. The van der Waals surface area contributed by atoms with Crippen LogP contribution in [0.2, 0.25) is 0 Å². The van der Waals surface area contributed by atoms with Crippen molar-refractivity contribution in [2.75, 3.05) is 18.5 Å². The van der Waals surface area contributed by atoms with E-state index in [1.807, 2.05) is 0 Å². The summed E-state index contributed by atoms with van der Waals surface area (Å²) in [5.74, 6) is -3.30. The Bertz CT molecular complexity index is 694. The average Bonchev–Trinajstić information content (AvgIpc) is 2.91. The van der Waals surface area contributed by atoms with E-state index in [1.54, 1.807) is 26.0 Å². The van der Waals surface area contributed by atoms with Crippen molar-refractivity contribution in [2.24, 2.45) is 0 Å². The van der Waals surface area contributed by atoms with Crippen LogP contribution in [0.3, 0.4) is 0 Å². The zero-order valence-corrected chi connectivity index (χ0v) is 16.9. The number of ether oxygens (including phenoxy) is 2. The lowest BCUT2D eigenvalue weighted by atomic mass is 9.90. The van der Waals surface area contributed by atoms with Crippen LogP contribution in [0.25, 0.3) is 0 Å². The highest BCUT2D eigenvalue weighted by Gasteiger charge is 2.60. The molecule has 0 atom stereocenters. The number of halogens is 1. The third kappa shape index (κ3) is 3.76. The number of carbonyl (C=O) groups is 4. The Morgan fingerprint density at radius 3 is 1.85 bits per heavy atom. The van der Waals surface area contributed by atoms with Gasteiger partial charge in [-0.3, -0.25) is 9.59 Å². The van der Waals surface area contributed by atoms with E-state index in [0.717, 1.165) is 4.90 Å². The van der Waals surface area contributed by atoms with Crippen molar-refractivity contribution in [3.8, 4) is 0 Å². The summed E-state index contributed by atoms with van der Waals surface area (Å²) < 4.78 is 10.2. The van der Waals surface area contributed by atoms with E-state index in [-0.39, 0.29) is 30.8 Å². The van der Waals surface area contributed by atoms with E-state index in [2.05, 4.69) is 15.9 Å². The molecule has 1 aromatic carbocycles. The summed E-state index contributed by atoms with van der Waals surface area (Å²) in [6.45, 7) is 3.19. The van der Waals surface area contributed by atoms with Gasteiger partial charge in [0.1, 0.15) is 0 Å². The van der Waals surface area contributed by atoms with Gasteiger partial charge in [0.25, 0.3) is 11.8 Å². The Morgan fingerprint density at radius 1 is 0.963 bits per heavy atom. The number of rotatable bonds is 9. The van der Waals surface area contributed by atoms with Gasteiger partial charge < -0.3 is 9.47 Å². The molecule has 0 spiro atoms. The molecule has 0 bridgehead atoms. The summed E-state index contributed by atoms with van der Waals surface area (Å²) in [5.41, 5.74) is -1.83. The fourth-order valence-corrected chi connectivity index (χ4v) is 3.49. The molecule has 1 heterocycles. The van der Waals surface area contributed by atoms with Crippen LogP contribution < -0.4 is 0 Å². The molecule has 146 valence electrons. The SMILES string of the molecule is CCOC(=O)C(CCCCBr)(C(=O)OCC)N1C(=O)c2ccccc2C1=O. The van der Waals surface area contributed by atoms with Gasteiger partial charge in [0.15, 0.2) is 0 Å². The molecule has 1 aliphatic rings. The van der Waals surface area contributed by atoms with Crippen LogP contribution in [0.1, 0.15) is 53.8 Å². The first-order chi connectivity index (χ1) is 12.9. The number of amides is 2. The smallest absolute Gasteiger partial charge is 0.344 e. The number of hydrogen-bond acceptors (Lipinski definition) is 6. The van der Waals surface area contributed by atoms with E-state index in [9.17, 15) is 19.2 Å². The minimum atomic E-state index is -2.14. The lowest BCUT2D eigenvalue weighted by molar-refractivity contribution is -0.171. The number of hydrogen-bond donors (Lipinski definition) is 0. The van der Waals surface area contributed by atoms with Crippen LogP contribution in [0, 0.1) is 0 Å². The van der Waals surface area contributed by atoms with Crippen LogP contribution in [0.5, 0.6) is 0 Å². The molecule has 0 unspecified atom stereocenters. The van der Waals surface area contributed by atoms with Gasteiger partial charge in [0.2, 0.25) is 5.54 Å². The maximum absolute atomic E-state index is 13.0. The van der Waals surface area contributed by atoms with Gasteiger partial charge in [-0.1, -0.05) is 28.1 Å². The van der Waals surface area contributed by atoms with Gasteiger partial charge in [0, 0.05) is 5.33 Å². The van der Waals surface area contributed by atoms with Gasteiger partial charge in [0.05, 0.1) is 24.3 Å². The Morgan fingerprint density at radius 2 is 1.44 bits per heavy atom. The molecule has 1 aliphatic heterocycles. The van der Waals surface area contributed by atoms with E-state index in [1.165, 1.54) is 12.1 Å². The van der Waals surface area contributed by atoms with Crippen LogP contribution in [0.15, 0.2) is 24.3 Å². The van der Waals surface area contributed by atoms with Gasteiger partial charge in [-0.05, 0) is 45.2 Å². The van der Waals surface area contributed by atoms with Crippen molar-refractivity contribution in [3.63, 3.8) is 0 Å². The Balaban J connectivity index is 2.59. The number of esters is 2. The Hall–Kier alpha value is -2.22. The van der Waals surface area contributed by atoms with E-state index < -0.39 is 29.3 Å². The number of alkyl halides is 1. The summed E-state index contributed by atoms with van der Waals surface area (Å²) >= 11 is 3.30. The lowest BCUT2D eigenvalue weighted by Gasteiger charge is -2.35. The van der Waals surface area contributed by atoms with Crippen molar-refractivity contribution in [1.82, 2.24) is 4.90 Å². The van der Waals surface area contributed by atoms with Gasteiger partial charge in [-0.2, -0.15) is 0 Å². The summed E-state index contributed by atoms with van der Waals surface area (Å²) in [7, 11) is 0. The van der Waals surface area contributed by atoms with Crippen molar-refractivity contribution in [3.05, 3.63) is 35.4 Å². The van der Waals surface area contributed by atoms with Crippen molar-refractivity contribution in [1.29, 1.82) is 0 Å². The molecule has 0 aliphatic carbocycles. The third-order valence-corrected chi connectivity index (χ3v) is 4.88. The number of carbonyl (C=O) groups excluding carboxylic acids is 4. The molecular weight excluding hydrogens is 418 g/mol. The molecular formula is C19H22BrNO6. The van der Waals surface area contributed by atoms with Crippen molar-refractivity contribution < 1.29 is 28.7 Å². The molecule has 27 heavy (non-hydrogen) atoms. The minimum absolute atomic E-state index is 0.00159. The predicted molar refractivity (Wildman–Crippen MR) is 101 cm³/mol. The van der Waals surface area contributed by atoms with Crippen LogP contribution >= 0.6 is 15.9 Å². The summed E-state index contributed by atoms with van der Waals surface area (Å²) in [4.78, 5) is 52.5. The predicted octanol–water partition coefficient (Wildman–Crippen LogP) is 2.71. The lowest BCUT2D eigenvalue weighted by Crippen LogP contribution is -2.63. The van der Waals surface area contributed by atoms with Crippen LogP contribution in [-0.2, 0) is 19.1 Å². The van der Waals surface area contributed by atoms with Gasteiger partial charge in [-0.15, -0.1) is 0 Å². The fraction of sp³-hybridized carbons (Fsp3) is 0.474. The molecule has 7 nitrogen and oxygen atoms in total. The molecule has 0 fully saturated rings. The number of imide groups is 1. The number of nitrogens with zero attached hydrogens (tertiary/aromatic N) is 1. The second-order valence-corrected chi connectivity index (χ2v) is 6.73. The highest BCUT2D eigenvalue weighted by molar-refractivity contribution is 9.09. The normalized spacial score (nSPS) is 13.5. The second-order valence-electron chi connectivity index (χ2n) is 5.94. The third-order valence-electron chi connectivity index (χ3n) is 4.32. The topological polar surface area (TPSA) is 90.0 Å². The molecule has 0 aromatic heterocycles. The zero-order chi connectivity index (χ0) is 20.0. The quantitative estimate of drug-likeness (QED) is 0.193. The van der Waals surface area contributed by atoms with Crippen LogP contribution in [-0.4, -0.2) is 52.7 Å². The number of unbranched alkanes of at least 4 members (excludes halogenated alkanes) is 1. The molecule has 2 amide bonds. The van der Waals surface area contributed by atoms with Gasteiger partial charge in [-0.25, -0.2) is 14.5 Å². The average molecular weight is 440 g/mol. The summed E-state index contributed by atoms with van der Waals surface area (Å²) in [5, 5.41) is 0.650. The summed E-state index contributed by atoms with van der Waals surface area (Å²) in [6, 6.07) is 6.23. The highest BCUT2D eigenvalue weighted by Crippen LogP contribution is 2.35. The fourth-order valence-electron chi connectivity index (χ4n) is 3.09. The Kier molecular flexibility index (Phi) is 7.12. The first-order valence-corrected chi connectivity index (χ1v) is 9.96. The monoisotopic (exact) mass is 439 g/mol. The van der Waals surface area contributed by atoms with E-state index in [4.69, 9.17) is 9.47 Å². The maximum Gasteiger partial charge on any atom is 0.344 e. The van der Waals surface area contributed by atoms with E-state index >= 15 is 0 Å². The first-order valence-electron chi connectivity index (χ1n) is 8.84. The summed E-state index contributed by atoms with van der Waals surface area (Å²) in [6.07, 6.45) is 0.988. The molecule has 0 saturated heterocycles. The first kappa shape index (κ1) is 21.1. The molecule has 0 N–H and O–H groups in total. The number of benzene rings is 1. The van der Waals surface area contributed by atoms with Crippen LogP contribution in [0.4, 0.5) is 0 Å². The molecule has 0 radical (unpaired) electrons. The van der Waals surface area contributed by atoms with Crippen molar-refractivity contribution >= 4 is 39.7 Å². The highest BCUT2D eigenvalue weighted by atomic mass is 79.9. The Labute approximate surface area is 166 Å². The molecule has 0 saturated carbocycles. The second kappa shape index (κ2) is 9.12. The minimum Gasteiger partial charge on any atom is -0.464 e. The van der Waals surface area contributed by atoms with Crippen molar-refractivity contribution in [2.45, 2.75) is 38.6 Å².